The lowest BCUT2D eigenvalue weighted by atomic mass is 10.1. The van der Waals surface area contributed by atoms with E-state index < -0.39 is 0 Å². The molecule has 3 rings (SSSR count). The van der Waals surface area contributed by atoms with E-state index in [0.29, 0.717) is 6.04 Å². The highest BCUT2D eigenvalue weighted by molar-refractivity contribution is 9.10. The van der Waals surface area contributed by atoms with Crippen molar-refractivity contribution in [3.63, 3.8) is 0 Å². The van der Waals surface area contributed by atoms with E-state index in [1.54, 1.807) is 0 Å². The topological polar surface area (TPSA) is 15.0 Å². The van der Waals surface area contributed by atoms with Gasteiger partial charge in [-0.05, 0) is 23.9 Å². The normalized spacial score (nSPS) is 24.2. The maximum Gasteiger partial charge on any atom is 0.307 e. The van der Waals surface area contributed by atoms with Gasteiger partial charge < -0.3 is 0 Å². The van der Waals surface area contributed by atoms with Crippen LogP contribution in [0, 0.1) is 0 Å². The Bertz CT molecular complexity index is 397. The molecule has 1 atom stereocenters. The Morgan fingerprint density at radius 1 is 1.33 bits per heavy atom. The molecule has 0 fully saturated rings. The zero-order chi connectivity index (χ0) is 10.3. The van der Waals surface area contributed by atoms with Crippen LogP contribution in [0.1, 0.15) is 11.6 Å². The molecule has 0 aromatic heterocycles. The van der Waals surface area contributed by atoms with Crippen molar-refractivity contribution in [1.29, 1.82) is 0 Å². The Kier molecular flexibility index (Phi) is 2.48. The maximum atomic E-state index is 3.58. The third kappa shape index (κ3) is 1.81. The fraction of sp³-hybridized carbons (Fsp3) is 0.364. The van der Waals surface area contributed by atoms with Crippen LogP contribution in [0.4, 0.5) is 0 Å². The molecule has 1 aromatic carbocycles. The molecule has 2 heterocycles. The number of nitrogens with zero attached hydrogens (tertiary/aromatic N) is 1. The van der Waals surface area contributed by atoms with Crippen molar-refractivity contribution in [1.82, 2.24) is 5.32 Å². The molecule has 0 radical (unpaired) electrons. The van der Waals surface area contributed by atoms with Gasteiger partial charge in [0.05, 0.1) is 6.54 Å². The van der Waals surface area contributed by atoms with Crippen molar-refractivity contribution in [3.05, 3.63) is 34.3 Å². The largest absolute Gasteiger partial charge is 0.307 e. The highest BCUT2D eigenvalue weighted by Crippen LogP contribution is 2.24. The van der Waals surface area contributed by atoms with Crippen LogP contribution >= 0.6 is 27.7 Å². The van der Waals surface area contributed by atoms with E-state index in [1.165, 1.54) is 23.0 Å². The lowest BCUT2D eigenvalue weighted by Gasteiger charge is -2.07. The van der Waals surface area contributed by atoms with E-state index in [-0.39, 0.29) is 0 Å². The van der Waals surface area contributed by atoms with E-state index in [2.05, 4.69) is 50.1 Å². The first-order chi connectivity index (χ1) is 7.33. The minimum absolute atomic E-state index is 0.473. The second-order valence-electron chi connectivity index (χ2n) is 3.85. The summed E-state index contributed by atoms with van der Waals surface area (Å²) in [6, 6.07) is 9.07. The van der Waals surface area contributed by atoms with Gasteiger partial charge in [0.2, 0.25) is 0 Å². The molecule has 2 aliphatic rings. The zero-order valence-electron chi connectivity index (χ0n) is 8.24. The summed E-state index contributed by atoms with van der Waals surface area (Å²) in [5, 5.41) is 4.94. The van der Waals surface area contributed by atoms with Crippen LogP contribution in [0.25, 0.3) is 0 Å². The van der Waals surface area contributed by atoms with Crippen LogP contribution in [0.15, 0.2) is 28.7 Å². The molecule has 0 saturated heterocycles. The summed E-state index contributed by atoms with van der Waals surface area (Å²) in [4.78, 5) is 0. The molecule has 1 aromatic rings. The third-order valence-corrected chi connectivity index (χ3v) is 4.43. The van der Waals surface area contributed by atoms with Crippen molar-refractivity contribution in [2.45, 2.75) is 6.04 Å². The van der Waals surface area contributed by atoms with E-state index in [9.17, 15) is 0 Å². The summed E-state index contributed by atoms with van der Waals surface area (Å²) in [7, 11) is 0. The molecule has 0 saturated carbocycles. The third-order valence-electron chi connectivity index (χ3n) is 2.86. The van der Waals surface area contributed by atoms with Crippen LogP contribution in [0.2, 0.25) is 0 Å². The molecule has 0 spiro atoms. The van der Waals surface area contributed by atoms with Crippen molar-refractivity contribution >= 4 is 32.9 Å². The van der Waals surface area contributed by atoms with Crippen LogP contribution in [-0.2, 0) is 0 Å². The minimum atomic E-state index is 0.473. The summed E-state index contributed by atoms with van der Waals surface area (Å²) in [6.07, 6.45) is 0. The van der Waals surface area contributed by atoms with Crippen molar-refractivity contribution in [2.75, 3.05) is 18.8 Å². The second-order valence-corrected chi connectivity index (χ2v) is 5.85. The van der Waals surface area contributed by atoms with Crippen LogP contribution in [-0.4, -0.2) is 28.6 Å². The van der Waals surface area contributed by atoms with Crippen LogP contribution in [0.5, 0.6) is 0 Å². The monoisotopic (exact) mass is 283 g/mol. The lowest BCUT2D eigenvalue weighted by Crippen LogP contribution is -2.21. The van der Waals surface area contributed by atoms with Gasteiger partial charge >= 0.3 is 5.17 Å². The number of hydrogen-bond acceptors (Lipinski definition) is 2. The highest BCUT2D eigenvalue weighted by atomic mass is 79.9. The first-order valence-electron chi connectivity index (χ1n) is 5.09. The summed E-state index contributed by atoms with van der Waals surface area (Å²) < 4.78 is 3.59. The van der Waals surface area contributed by atoms with E-state index in [0.717, 1.165) is 11.0 Å². The maximum absolute atomic E-state index is 3.58. The van der Waals surface area contributed by atoms with Crippen molar-refractivity contribution in [2.24, 2.45) is 0 Å². The minimum Gasteiger partial charge on any atom is -0.258 e. The number of thioether (sulfide) groups is 1. The molecule has 4 heteroatoms. The fourth-order valence-corrected chi connectivity index (χ4v) is 3.39. The number of nitrogens with one attached hydrogen (secondary N) is 1. The average Bonchev–Trinajstić information content (AvgIpc) is 2.78. The van der Waals surface area contributed by atoms with E-state index in [4.69, 9.17) is 0 Å². The first kappa shape index (κ1) is 9.73. The van der Waals surface area contributed by atoms with Gasteiger partial charge in [0.25, 0.3) is 0 Å². The number of benzene rings is 1. The SMILES string of the molecule is Brc1ccc([C@@H]2C[N+]3=C(N2)SCC3)cc1. The highest BCUT2D eigenvalue weighted by Gasteiger charge is 2.35. The summed E-state index contributed by atoms with van der Waals surface area (Å²) in [6.45, 7) is 2.31. The molecule has 15 heavy (non-hydrogen) atoms. The molecule has 0 aliphatic carbocycles. The molecule has 0 bridgehead atoms. The van der Waals surface area contributed by atoms with E-state index in [1.807, 2.05) is 11.8 Å². The number of amidine groups is 1. The zero-order valence-corrected chi connectivity index (χ0v) is 10.6. The Morgan fingerprint density at radius 2 is 2.13 bits per heavy atom. The predicted octanol–water partition coefficient (Wildman–Crippen LogP) is 2.21. The Morgan fingerprint density at radius 3 is 2.87 bits per heavy atom. The quantitative estimate of drug-likeness (QED) is 0.795. The lowest BCUT2D eigenvalue weighted by molar-refractivity contribution is -0.511. The van der Waals surface area contributed by atoms with Crippen molar-refractivity contribution in [3.8, 4) is 0 Å². The summed E-state index contributed by atoms with van der Waals surface area (Å²) in [5.74, 6) is 1.23. The van der Waals surface area contributed by atoms with E-state index >= 15 is 0 Å². The second kappa shape index (κ2) is 3.83. The standard InChI is InChI=1S/C11H11BrN2S/c12-9-3-1-8(2-4-9)10-7-14-5-6-15-11(14)13-10/h1-4,10H,5-7H2/p+1/t10-/m0/s1. The van der Waals surface area contributed by atoms with Gasteiger partial charge in [-0.1, -0.05) is 28.1 Å². The smallest absolute Gasteiger partial charge is 0.258 e. The molecule has 1 N–H and O–H groups in total. The van der Waals surface area contributed by atoms with Gasteiger partial charge in [0.1, 0.15) is 6.54 Å². The predicted molar refractivity (Wildman–Crippen MR) is 67.5 cm³/mol. The Hall–Kier alpha value is -0.480. The molecule has 0 unspecified atom stereocenters. The van der Waals surface area contributed by atoms with Gasteiger partial charge in [0.15, 0.2) is 6.04 Å². The molecule has 2 nitrogen and oxygen atoms in total. The number of hydrogen-bond donors (Lipinski definition) is 1. The first-order valence-corrected chi connectivity index (χ1v) is 6.87. The summed E-state index contributed by atoms with van der Waals surface area (Å²) >= 11 is 5.40. The van der Waals surface area contributed by atoms with Gasteiger partial charge in [-0.25, -0.2) is 0 Å². The number of halogens is 1. The van der Waals surface area contributed by atoms with Gasteiger partial charge in [-0.2, -0.15) is 0 Å². The fourth-order valence-electron chi connectivity index (χ4n) is 2.05. The molecular weight excluding hydrogens is 272 g/mol. The van der Waals surface area contributed by atoms with Crippen LogP contribution in [0.3, 0.4) is 0 Å². The molecule has 2 aliphatic heterocycles. The van der Waals surface area contributed by atoms with Gasteiger partial charge in [-0.15, -0.1) is 0 Å². The van der Waals surface area contributed by atoms with Gasteiger partial charge in [0, 0.05) is 15.8 Å². The Balaban J connectivity index is 1.79. The Labute approximate surface area is 102 Å². The molecule has 0 amide bonds. The van der Waals surface area contributed by atoms with Crippen LogP contribution < -0.4 is 5.32 Å². The van der Waals surface area contributed by atoms with Gasteiger partial charge in [-0.3, -0.25) is 9.89 Å². The van der Waals surface area contributed by atoms with Crippen molar-refractivity contribution < 1.29 is 4.58 Å². The summed E-state index contributed by atoms with van der Waals surface area (Å²) in [5.41, 5.74) is 1.38. The molecular formula is C11H12BrN2S+. The average molecular weight is 284 g/mol. The number of rotatable bonds is 1. The molecule has 78 valence electrons.